The van der Waals surface area contributed by atoms with Gasteiger partial charge in [0.1, 0.15) is 5.82 Å². The fraction of sp³-hybridized carbons (Fsp3) is 0.467. The third-order valence-electron chi connectivity index (χ3n) is 2.83. The number of hydrogen-bond donors (Lipinski definition) is 1. The fourth-order valence-corrected chi connectivity index (χ4v) is 1.58. The van der Waals surface area contributed by atoms with Crippen LogP contribution in [0.25, 0.3) is 0 Å². The van der Waals surface area contributed by atoms with Crippen molar-refractivity contribution in [3.05, 3.63) is 35.1 Å². The molecule has 1 aliphatic rings. The second kappa shape index (κ2) is 6.53. The molecule has 0 saturated heterocycles. The highest BCUT2D eigenvalue weighted by Gasteiger charge is 2.21. The molecule has 0 atom stereocenters. The molecule has 2 nitrogen and oxygen atoms in total. The first-order chi connectivity index (χ1) is 8.79. The van der Waals surface area contributed by atoms with Crippen LogP contribution in [-0.2, 0) is 11.3 Å². The van der Waals surface area contributed by atoms with Gasteiger partial charge in [-0.1, -0.05) is 17.9 Å². The summed E-state index contributed by atoms with van der Waals surface area (Å²) in [6.07, 6.45) is 2.89. The number of ether oxygens (including phenoxy) is 1. The highest BCUT2D eigenvalue weighted by atomic mass is 19.1. The van der Waals surface area contributed by atoms with E-state index in [0.717, 1.165) is 6.61 Å². The van der Waals surface area contributed by atoms with Crippen molar-refractivity contribution < 1.29 is 14.2 Å². The third kappa shape index (κ3) is 4.14. The van der Waals surface area contributed by atoms with Gasteiger partial charge in [-0.15, -0.1) is 0 Å². The second-order valence-corrected chi connectivity index (χ2v) is 4.54. The third-order valence-corrected chi connectivity index (χ3v) is 2.83. The molecule has 0 radical (unpaired) electrons. The SMILES string of the molecule is OCCC#Cc1ccc(COCC2CC2)c(F)c1. The Hall–Kier alpha value is -1.37. The van der Waals surface area contributed by atoms with Gasteiger partial charge in [-0.3, -0.25) is 0 Å². The minimum Gasteiger partial charge on any atom is -0.395 e. The molecule has 0 bridgehead atoms. The van der Waals surface area contributed by atoms with Crippen molar-refractivity contribution in [3.8, 4) is 11.8 Å². The van der Waals surface area contributed by atoms with Crippen molar-refractivity contribution in [1.29, 1.82) is 0 Å². The number of aliphatic hydroxyl groups excluding tert-OH is 1. The summed E-state index contributed by atoms with van der Waals surface area (Å²) in [7, 11) is 0. The number of rotatable bonds is 5. The summed E-state index contributed by atoms with van der Waals surface area (Å²) in [5.74, 6) is 5.99. The zero-order valence-electron chi connectivity index (χ0n) is 10.3. The van der Waals surface area contributed by atoms with Crippen LogP contribution in [-0.4, -0.2) is 18.3 Å². The lowest BCUT2D eigenvalue weighted by Gasteiger charge is -2.05. The first-order valence-corrected chi connectivity index (χ1v) is 6.25. The monoisotopic (exact) mass is 248 g/mol. The van der Waals surface area contributed by atoms with Gasteiger partial charge in [0.2, 0.25) is 0 Å². The number of hydrogen-bond acceptors (Lipinski definition) is 2. The summed E-state index contributed by atoms with van der Waals surface area (Å²) in [6, 6.07) is 4.91. The summed E-state index contributed by atoms with van der Waals surface area (Å²) >= 11 is 0. The fourth-order valence-electron chi connectivity index (χ4n) is 1.58. The van der Waals surface area contributed by atoms with Gasteiger partial charge in [0.25, 0.3) is 0 Å². The Balaban J connectivity index is 1.89. The van der Waals surface area contributed by atoms with Gasteiger partial charge in [0, 0.05) is 24.2 Å². The molecule has 1 aliphatic carbocycles. The number of halogens is 1. The van der Waals surface area contributed by atoms with Crippen LogP contribution in [0.1, 0.15) is 30.4 Å². The van der Waals surface area contributed by atoms with Crippen molar-refractivity contribution in [1.82, 2.24) is 0 Å². The van der Waals surface area contributed by atoms with E-state index in [9.17, 15) is 4.39 Å². The van der Waals surface area contributed by atoms with E-state index >= 15 is 0 Å². The summed E-state index contributed by atoms with van der Waals surface area (Å²) in [5.41, 5.74) is 1.20. The van der Waals surface area contributed by atoms with Gasteiger partial charge in [-0.25, -0.2) is 4.39 Å². The highest BCUT2D eigenvalue weighted by molar-refractivity contribution is 5.36. The largest absolute Gasteiger partial charge is 0.395 e. The van der Waals surface area contributed by atoms with E-state index in [1.165, 1.54) is 18.9 Å². The maximum Gasteiger partial charge on any atom is 0.129 e. The maximum atomic E-state index is 13.7. The van der Waals surface area contributed by atoms with Crippen molar-refractivity contribution in [2.24, 2.45) is 5.92 Å². The quantitative estimate of drug-likeness (QED) is 0.811. The number of aliphatic hydroxyl groups is 1. The standard InChI is InChI=1S/C15H17FO2/c16-15-9-12(3-1-2-8-17)6-7-14(15)11-18-10-13-4-5-13/h6-7,9,13,17H,2,4-5,8,10-11H2. The van der Waals surface area contributed by atoms with E-state index in [-0.39, 0.29) is 12.4 Å². The summed E-state index contributed by atoms with van der Waals surface area (Å²) in [6.45, 7) is 1.09. The molecule has 1 aromatic rings. The first-order valence-electron chi connectivity index (χ1n) is 6.25. The Morgan fingerprint density at radius 3 is 2.89 bits per heavy atom. The van der Waals surface area contributed by atoms with E-state index in [0.29, 0.717) is 30.1 Å². The molecule has 0 heterocycles. The molecule has 0 aliphatic heterocycles. The Labute approximate surface area is 107 Å². The van der Waals surface area contributed by atoms with Crippen molar-refractivity contribution >= 4 is 0 Å². The molecule has 1 fully saturated rings. The van der Waals surface area contributed by atoms with E-state index in [2.05, 4.69) is 11.8 Å². The minimum atomic E-state index is -0.276. The molecule has 0 amide bonds. The van der Waals surface area contributed by atoms with E-state index in [1.54, 1.807) is 12.1 Å². The van der Waals surface area contributed by atoms with Crippen molar-refractivity contribution in [2.75, 3.05) is 13.2 Å². The lowest BCUT2D eigenvalue weighted by molar-refractivity contribution is 0.109. The van der Waals surface area contributed by atoms with Crippen LogP contribution in [0.2, 0.25) is 0 Å². The molecular weight excluding hydrogens is 231 g/mol. The van der Waals surface area contributed by atoms with Gasteiger partial charge in [-0.2, -0.15) is 0 Å². The predicted molar refractivity (Wildman–Crippen MR) is 67.4 cm³/mol. The van der Waals surface area contributed by atoms with Gasteiger partial charge in [0.15, 0.2) is 0 Å². The molecule has 1 saturated carbocycles. The van der Waals surface area contributed by atoms with Crippen LogP contribution in [0.3, 0.4) is 0 Å². The molecule has 2 rings (SSSR count). The normalized spacial score (nSPS) is 14.1. The van der Waals surface area contributed by atoms with Crippen molar-refractivity contribution in [2.45, 2.75) is 25.9 Å². The minimum absolute atomic E-state index is 0.0303. The average molecular weight is 248 g/mol. The molecule has 0 spiro atoms. The van der Waals surface area contributed by atoms with Crippen molar-refractivity contribution in [3.63, 3.8) is 0 Å². The Kier molecular flexibility index (Phi) is 4.74. The number of benzene rings is 1. The van der Waals surface area contributed by atoms with Crippen LogP contribution < -0.4 is 0 Å². The first kappa shape index (κ1) is 13.1. The Bertz CT molecular complexity index is 455. The van der Waals surface area contributed by atoms with Gasteiger partial charge < -0.3 is 9.84 Å². The smallest absolute Gasteiger partial charge is 0.129 e. The van der Waals surface area contributed by atoms with Crippen LogP contribution >= 0.6 is 0 Å². The zero-order chi connectivity index (χ0) is 12.8. The molecular formula is C15H17FO2. The lowest BCUT2D eigenvalue weighted by atomic mass is 10.1. The van der Waals surface area contributed by atoms with Gasteiger partial charge >= 0.3 is 0 Å². The highest BCUT2D eigenvalue weighted by Crippen LogP contribution is 2.29. The molecule has 0 aromatic heterocycles. The second-order valence-electron chi connectivity index (χ2n) is 4.54. The maximum absolute atomic E-state index is 13.7. The molecule has 1 aromatic carbocycles. The zero-order valence-corrected chi connectivity index (χ0v) is 10.3. The molecule has 3 heteroatoms. The molecule has 18 heavy (non-hydrogen) atoms. The average Bonchev–Trinajstić information content (AvgIpc) is 3.16. The molecule has 96 valence electrons. The summed E-state index contributed by atoms with van der Waals surface area (Å²) in [4.78, 5) is 0. The van der Waals surface area contributed by atoms with Crippen LogP contribution in [0.4, 0.5) is 4.39 Å². The van der Waals surface area contributed by atoms with E-state index in [1.807, 2.05) is 0 Å². The molecule has 0 unspecified atom stereocenters. The van der Waals surface area contributed by atoms with Crippen LogP contribution in [0, 0.1) is 23.6 Å². The Morgan fingerprint density at radius 2 is 2.22 bits per heavy atom. The lowest BCUT2D eigenvalue weighted by Crippen LogP contribution is -1.99. The van der Waals surface area contributed by atoms with E-state index < -0.39 is 0 Å². The van der Waals surface area contributed by atoms with Gasteiger partial charge in [0.05, 0.1) is 13.2 Å². The molecule has 1 N–H and O–H groups in total. The van der Waals surface area contributed by atoms with E-state index in [4.69, 9.17) is 9.84 Å². The summed E-state index contributed by atoms with van der Waals surface area (Å²) in [5, 5.41) is 8.60. The summed E-state index contributed by atoms with van der Waals surface area (Å²) < 4.78 is 19.2. The Morgan fingerprint density at radius 1 is 1.39 bits per heavy atom. The predicted octanol–water partition coefficient (Wildman–Crippen LogP) is 2.49. The van der Waals surface area contributed by atoms with Crippen LogP contribution in [0.5, 0.6) is 0 Å². The topological polar surface area (TPSA) is 29.5 Å². The van der Waals surface area contributed by atoms with Gasteiger partial charge in [-0.05, 0) is 30.9 Å². The van der Waals surface area contributed by atoms with Crippen LogP contribution in [0.15, 0.2) is 18.2 Å².